The van der Waals surface area contributed by atoms with Crippen LogP contribution in [0.2, 0.25) is 0 Å². The summed E-state index contributed by atoms with van der Waals surface area (Å²) in [5, 5.41) is 21.1. The van der Waals surface area contributed by atoms with E-state index in [4.69, 9.17) is 14.3 Å². The van der Waals surface area contributed by atoms with Gasteiger partial charge in [-0.2, -0.15) is 13.2 Å². The lowest BCUT2D eigenvalue weighted by molar-refractivity contribution is -0.192. The van der Waals surface area contributed by atoms with E-state index in [1.54, 1.807) is 30.3 Å². The predicted molar refractivity (Wildman–Crippen MR) is 129 cm³/mol. The number of nitrogens with one attached hydrogen (secondary N) is 2. The SMILES string of the molecule is CCN(CC)CCCNc1nnc(-c2ccc(NC(=O)c3cccc(F)c3)cc2)o1.O=C(O)C(F)(F)F. The number of rotatable bonds is 10. The molecule has 0 saturated heterocycles. The van der Waals surface area contributed by atoms with Gasteiger partial charge in [-0.1, -0.05) is 25.0 Å². The highest BCUT2D eigenvalue weighted by molar-refractivity contribution is 6.04. The minimum absolute atomic E-state index is 0.257. The monoisotopic (exact) mass is 525 g/mol. The molecule has 0 bridgehead atoms. The molecule has 1 aromatic heterocycles. The van der Waals surface area contributed by atoms with Crippen LogP contribution in [0.25, 0.3) is 11.5 Å². The minimum Gasteiger partial charge on any atom is -0.475 e. The fourth-order valence-corrected chi connectivity index (χ4v) is 2.98. The number of carbonyl (C=O) groups is 2. The van der Waals surface area contributed by atoms with Gasteiger partial charge in [0.05, 0.1) is 0 Å². The van der Waals surface area contributed by atoms with Gasteiger partial charge < -0.3 is 25.1 Å². The first-order valence-electron chi connectivity index (χ1n) is 11.3. The number of hydrogen-bond donors (Lipinski definition) is 3. The Balaban J connectivity index is 0.000000604. The largest absolute Gasteiger partial charge is 0.490 e. The van der Waals surface area contributed by atoms with Crippen LogP contribution in [0.4, 0.5) is 29.3 Å². The highest BCUT2D eigenvalue weighted by atomic mass is 19.4. The number of alkyl halides is 3. The second kappa shape index (κ2) is 13.9. The van der Waals surface area contributed by atoms with E-state index in [1.807, 2.05) is 0 Å². The van der Waals surface area contributed by atoms with Crippen molar-refractivity contribution in [2.24, 2.45) is 0 Å². The van der Waals surface area contributed by atoms with Crippen LogP contribution >= 0.6 is 0 Å². The van der Waals surface area contributed by atoms with Crippen LogP contribution in [0.15, 0.2) is 52.9 Å². The molecule has 2 aromatic carbocycles. The van der Waals surface area contributed by atoms with Crippen LogP contribution in [-0.2, 0) is 4.79 Å². The van der Waals surface area contributed by atoms with Gasteiger partial charge in [0.15, 0.2) is 0 Å². The lowest BCUT2D eigenvalue weighted by Gasteiger charge is -2.17. The Labute approximate surface area is 210 Å². The zero-order valence-electron chi connectivity index (χ0n) is 20.2. The van der Waals surface area contributed by atoms with Crippen LogP contribution in [0.1, 0.15) is 30.6 Å². The molecule has 3 aromatic rings. The van der Waals surface area contributed by atoms with Crippen molar-refractivity contribution in [3.63, 3.8) is 0 Å². The number of anilines is 2. The summed E-state index contributed by atoms with van der Waals surface area (Å²) in [5.74, 6) is -3.19. The number of aromatic nitrogens is 2. The molecule has 0 aliphatic heterocycles. The Morgan fingerprint density at radius 3 is 2.27 bits per heavy atom. The quantitative estimate of drug-likeness (QED) is 0.252. The third-order valence-electron chi connectivity index (χ3n) is 4.97. The number of aliphatic carboxylic acids is 1. The molecule has 1 amide bonds. The van der Waals surface area contributed by atoms with E-state index in [0.29, 0.717) is 17.6 Å². The maximum atomic E-state index is 13.3. The molecule has 200 valence electrons. The summed E-state index contributed by atoms with van der Waals surface area (Å²) < 4.78 is 50.7. The molecular formula is C24H27F4N5O4. The van der Waals surface area contributed by atoms with Gasteiger partial charge in [0.25, 0.3) is 5.91 Å². The van der Waals surface area contributed by atoms with Gasteiger partial charge in [0.1, 0.15) is 5.82 Å². The first-order valence-corrected chi connectivity index (χ1v) is 11.3. The Hall–Kier alpha value is -4.00. The highest BCUT2D eigenvalue weighted by Crippen LogP contribution is 2.22. The molecule has 3 rings (SSSR count). The Morgan fingerprint density at radius 1 is 1.05 bits per heavy atom. The highest BCUT2D eigenvalue weighted by Gasteiger charge is 2.38. The van der Waals surface area contributed by atoms with Crippen molar-refractivity contribution in [2.45, 2.75) is 26.4 Å². The zero-order chi connectivity index (χ0) is 27.4. The lowest BCUT2D eigenvalue weighted by Crippen LogP contribution is -2.25. The molecule has 9 nitrogen and oxygen atoms in total. The van der Waals surface area contributed by atoms with Gasteiger partial charge in [-0.25, -0.2) is 9.18 Å². The summed E-state index contributed by atoms with van der Waals surface area (Å²) in [6.07, 6.45) is -4.10. The van der Waals surface area contributed by atoms with E-state index in [2.05, 4.69) is 39.6 Å². The second-order valence-electron chi connectivity index (χ2n) is 7.56. The van der Waals surface area contributed by atoms with E-state index >= 15 is 0 Å². The van der Waals surface area contributed by atoms with Crippen LogP contribution in [0.5, 0.6) is 0 Å². The topological polar surface area (TPSA) is 121 Å². The van der Waals surface area contributed by atoms with E-state index in [1.165, 1.54) is 18.2 Å². The van der Waals surface area contributed by atoms with Gasteiger partial charge in [-0.05, 0) is 68.5 Å². The molecule has 0 atom stereocenters. The molecule has 0 aliphatic rings. The smallest absolute Gasteiger partial charge is 0.475 e. The van der Waals surface area contributed by atoms with Crippen molar-refractivity contribution in [3.05, 3.63) is 59.9 Å². The molecule has 0 saturated carbocycles. The first kappa shape index (κ1) is 29.2. The summed E-state index contributed by atoms with van der Waals surface area (Å²) in [6, 6.07) is 12.9. The minimum atomic E-state index is -5.08. The fourth-order valence-electron chi connectivity index (χ4n) is 2.98. The van der Waals surface area contributed by atoms with Crippen molar-refractivity contribution in [3.8, 4) is 11.5 Å². The number of benzene rings is 2. The number of carboxylic acid groups (broad SMARTS) is 1. The van der Waals surface area contributed by atoms with Gasteiger partial charge >= 0.3 is 18.2 Å². The average molecular weight is 526 g/mol. The third-order valence-corrected chi connectivity index (χ3v) is 4.97. The fraction of sp³-hybridized carbons (Fsp3) is 0.333. The standard InChI is InChI=1S/C22H26FN5O2.C2HF3O2/c1-3-28(4-2)14-6-13-24-22-27-26-21(30-22)16-9-11-19(12-10-16)25-20(29)17-7-5-8-18(23)15-17;3-2(4,5)1(6)7/h5,7-12,15H,3-4,6,13-14H2,1-2H3,(H,24,27)(H,25,29);(H,6,7). The molecular weight excluding hydrogens is 498 g/mol. The third kappa shape index (κ3) is 9.88. The maximum absolute atomic E-state index is 13.3. The molecule has 0 unspecified atom stereocenters. The normalized spacial score (nSPS) is 11.0. The van der Waals surface area contributed by atoms with Crippen molar-refractivity contribution in [1.29, 1.82) is 0 Å². The van der Waals surface area contributed by atoms with Crippen LogP contribution in [-0.4, -0.2) is 64.4 Å². The number of amides is 1. The number of nitrogens with zero attached hydrogens (tertiary/aromatic N) is 3. The second-order valence-corrected chi connectivity index (χ2v) is 7.56. The Bertz CT molecular complexity index is 1150. The summed E-state index contributed by atoms with van der Waals surface area (Å²) in [7, 11) is 0. The van der Waals surface area contributed by atoms with Crippen molar-refractivity contribution < 1.29 is 36.7 Å². The summed E-state index contributed by atoms with van der Waals surface area (Å²) >= 11 is 0. The van der Waals surface area contributed by atoms with Gasteiger partial charge in [0.2, 0.25) is 5.89 Å². The lowest BCUT2D eigenvalue weighted by atomic mass is 10.2. The summed E-state index contributed by atoms with van der Waals surface area (Å²) in [6.45, 7) is 8.16. The molecule has 0 fully saturated rings. The summed E-state index contributed by atoms with van der Waals surface area (Å²) in [4.78, 5) is 23.5. The van der Waals surface area contributed by atoms with Crippen molar-refractivity contribution in [1.82, 2.24) is 15.1 Å². The Morgan fingerprint density at radius 2 is 1.70 bits per heavy atom. The number of carbonyl (C=O) groups excluding carboxylic acids is 1. The summed E-state index contributed by atoms with van der Waals surface area (Å²) in [5.41, 5.74) is 1.58. The average Bonchev–Trinajstić information content (AvgIpc) is 3.33. The predicted octanol–water partition coefficient (Wildman–Crippen LogP) is 4.91. The van der Waals surface area contributed by atoms with E-state index in [-0.39, 0.29) is 11.5 Å². The van der Waals surface area contributed by atoms with Crippen molar-refractivity contribution in [2.75, 3.05) is 36.8 Å². The van der Waals surface area contributed by atoms with Gasteiger partial charge in [-0.3, -0.25) is 4.79 Å². The molecule has 37 heavy (non-hydrogen) atoms. The van der Waals surface area contributed by atoms with Crippen LogP contribution in [0.3, 0.4) is 0 Å². The molecule has 13 heteroatoms. The molecule has 0 spiro atoms. The van der Waals surface area contributed by atoms with Crippen LogP contribution in [0, 0.1) is 5.82 Å². The van der Waals surface area contributed by atoms with Gasteiger partial charge in [-0.15, -0.1) is 5.10 Å². The van der Waals surface area contributed by atoms with E-state index in [9.17, 15) is 22.4 Å². The van der Waals surface area contributed by atoms with Crippen molar-refractivity contribution >= 4 is 23.6 Å². The van der Waals surface area contributed by atoms with Crippen LogP contribution < -0.4 is 10.6 Å². The zero-order valence-corrected chi connectivity index (χ0v) is 20.2. The molecule has 3 N–H and O–H groups in total. The Kier molecular flexibility index (Phi) is 11.0. The van der Waals surface area contributed by atoms with Gasteiger partial charge in [0, 0.05) is 23.4 Å². The van der Waals surface area contributed by atoms with E-state index in [0.717, 1.165) is 38.2 Å². The number of halogens is 4. The molecule has 0 aliphatic carbocycles. The molecule has 1 heterocycles. The number of hydrogen-bond acceptors (Lipinski definition) is 7. The first-order chi connectivity index (χ1) is 17.5. The maximum Gasteiger partial charge on any atom is 0.490 e. The number of carboxylic acids is 1. The molecule has 0 radical (unpaired) electrons. The van der Waals surface area contributed by atoms with E-state index < -0.39 is 18.0 Å².